The molecule has 0 radical (unpaired) electrons. The number of rotatable bonds is 4. The van der Waals surface area contributed by atoms with Crippen molar-refractivity contribution >= 4 is 11.8 Å². The molecule has 5 unspecified atom stereocenters. The highest BCUT2D eigenvalue weighted by Gasteiger charge is 2.85. The van der Waals surface area contributed by atoms with Gasteiger partial charge in [0.2, 0.25) is 5.60 Å². The van der Waals surface area contributed by atoms with Gasteiger partial charge in [-0.1, -0.05) is 30.3 Å². The summed E-state index contributed by atoms with van der Waals surface area (Å²) in [7, 11) is 1.33. The zero-order chi connectivity index (χ0) is 22.2. The second kappa shape index (κ2) is 6.25. The van der Waals surface area contributed by atoms with Crippen molar-refractivity contribution in [3.05, 3.63) is 64.2 Å². The number of benzene rings is 1. The Morgan fingerprint density at radius 2 is 1.81 bits per heavy atom. The third-order valence-corrected chi connectivity index (χ3v) is 6.84. The van der Waals surface area contributed by atoms with Crippen LogP contribution < -0.4 is 10.4 Å². The average molecular weight is 428 g/mol. The summed E-state index contributed by atoms with van der Waals surface area (Å²) < 4.78 is 15.6. The van der Waals surface area contributed by atoms with Gasteiger partial charge in [-0.2, -0.15) is 0 Å². The molecule has 2 heterocycles. The van der Waals surface area contributed by atoms with E-state index in [0.717, 1.165) is 6.07 Å². The SMILES string of the molecule is COc1cc(C2C3(O)CC4CC2(O)[C@](O)(C(=O)O4)C3C(=O)c2ccccc2)oc(=O)c1. The molecular formula is C22H20O9. The Hall–Kier alpha value is -3.01. The van der Waals surface area contributed by atoms with Crippen molar-refractivity contribution in [3.8, 4) is 5.75 Å². The van der Waals surface area contributed by atoms with E-state index in [1.165, 1.54) is 25.3 Å². The highest BCUT2D eigenvalue weighted by Crippen LogP contribution is 2.67. The molecule has 6 atom stereocenters. The summed E-state index contributed by atoms with van der Waals surface area (Å²) in [6, 6.07) is 10.2. The number of fused-ring (bicyclic) bond motifs is 2. The molecule has 3 bridgehead atoms. The van der Waals surface area contributed by atoms with Crippen LogP contribution in [0.15, 0.2) is 51.7 Å². The standard InChI is InChI=1S/C22H20O9/c1-29-12-7-14(31-15(23)8-12)17-20(26)9-13-10-21(17,27)22(28,19(25)30-13)18(20)16(24)11-5-3-2-4-6-11/h2-8,13,17-18,26-28H,9-10H2,1H3/t13?,17?,18?,20?,21?,22-/m1/s1. The number of ketones is 1. The van der Waals surface area contributed by atoms with E-state index in [0.29, 0.717) is 0 Å². The van der Waals surface area contributed by atoms with E-state index < -0.39 is 52.1 Å². The van der Waals surface area contributed by atoms with Gasteiger partial charge in [0.05, 0.1) is 30.6 Å². The maximum absolute atomic E-state index is 13.5. The van der Waals surface area contributed by atoms with Crippen molar-refractivity contribution in [1.82, 2.24) is 0 Å². The Balaban J connectivity index is 1.76. The van der Waals surface area contributed by atoms with Crippen LogP contribution >= 0.6 is 0 Å². The van der Waals surface area contributed by atoms with Gasteiger partial charge in [0.15, 0.2) is 5.78 Å². The fraction of sp³-hybridized carbons (Fsp3) is 0.409. The average Bonchev–Trinajstić information content (AvgIpc) is 2.76. The number of methoxy groups -OCH3 is 1. The molecule has 3 aliphatic rings. The molecule has 0 amide bonds. The second-order valence-electron chi connectivity index (χ2n) is 8.43. The lowest BCUT2D eigenvalue weighted by Crippen LogP contribution is -2.67. The van der Waals surface area contributed by atoms with E-state index in [1.54, 1.807) is 18.2 Å². The maximum atomic E-state index is 13.5. The molecule has 31 heavy (non-hydrogen) atoms. The van der Waals surface area contributed by atoms with Crippen LogP contribution in [0.1, 0.15) is 34.9 Å². The van der Waals surface area contributed by atoms with Crippen LogP contribution in [0.5, 0.6) is 5.75 Å². The molecule has 9 nitrogen and oxygen atoms in total. The summed E-state index contributed by atoms with van der Waals surface area (Å²) in [4.78, 5) is 38.4. The van der Waals surface area contributed by atoms with Gasteiger partial charge in [-0.15, -0.1) is 0 Å². The number of hydrogen-bond donors (Lipinski definition) is 3. The molecule has 2 aromatic rings. The normalized spacial score (nSPS) is 38.1. The Kier molecular flexibility index (Phi) is 4.02. The molecule has 162 valence electrons. The van der Waals surface area contributed by atoms with Gasteiger partial charge in [-0.25, -0.2) is 9.59 Å². The van der Waals surface area contributed by atoms with E-state index in [-0.39, 0.29) is 29.9 Å². The molecule has 2 aliphatic carbocycles. The molecule has 9 heteroatoms. The predicted molar refractivity (Wildman–Crippen MR) is 102 cm³/mol. The van der Waals surface area contributed by atoms with Crippen molar-refractivity contribution < 1.29 is 38.8 Å². The summed E-state index contributed by atoms with van der Waals surface area (Å²) in [6.45, 7) is 0. The lowest BCUT2D eigenvalue weighted by atomic mass is 9.67. The molecule has 1 aromatic carbocycles. The first-order valence-corrected chi connectivity index (χ1v) is 9.81. The number of carbonyl (C=O) groups is 2. The van der Waals surface area contributed by atoms with Crippen molar-refractivity contribution in [2.45, 2.75) is 41.7 Å². The van der Waals surface area contributed by atoms with Gasteiger partial charge in [0.1, 0.15) is 23.2 Å². The largest absolute Gasteiger partial charge is 0.496 e. The van der Waals surface area contributed by atoms with E-state index in [4.69, 9.17) is 13.9 Å². The van der Waals surface area contributed by atoms with Crippen molar-refractivity contribution in [1.29, 1.82) is 0 Å². The number of esters is 1. The summed E-state index contributed by atoms with van der Waals surface area (Å²) in [5.41, 5.74) is -7.84. The van der Waals surface area contributed by atoms with Crippen LogP contribution in [0.25, 0.3) is 0 Å². The first kappa shape index (κ1) is 19.9. The number of aliphatic hydroxyl groups is 3. The summed E-state index contributed by atoms with van der Waals surface area (Å²) in [5.74, 6) is -5.19. The van der Waals surface area contributed by atoms with E-state index >= 15 is 0 Å². The van der Waals surface area contributed by atoms with Crippen LogP contribution in [0.2, 0.25) is 0 Å². The van der Waals surface area contributed by atoms with Gasteiger partial charge in [0, 0.05) is 24.5 Å². The third-order valence-electron chi connectivity index (χ3n) is 6.84. The number of Topliss-reactive ketones (excluding diaryl/α,β-unsaturated/α-hetero) is 1. The minimum absolute atomic E-state index is 0.106. The van der Waals surface area contributed by atoms with Gasteiger partial charge in [0.25, 0.3) is 0 Å². The van der Waals surface area contributed by atoms with E-state index in [2.05, 4.69) is 0 Å². The van der Waals surface area contributed by atoms with E-state index in [9.17, 15) is 29.7 Å². The minimum atomic E-state index is -2.74. The topological polar surface area (TPSA) is 144 Å². The molecular weight excluding hydrogens is 408 g/mol. The molecule has 1 saturated heterocycles. The Labute approximate surface area is 175 Å². The van der Waals surface area contributed by atoms with Crippen molar-refractivity contribution in [2.75, 3.05) is 7.11 Å². The monoisotopic (exact) mass is 428 g/mol. The summed E-state index contributed by atoms with van der Waals surface area (Å²) in [6.07, 6.45) is -1.37. The fourth-order valence-corrected chi connectivity index (χ4v) is 5.72. The van der Waals surface area contributed by atoms with Crippen LogP contribution in [-0.2, 0) is 9.53 Å². The molecule has 0 spiro atoms. The lowest BCUT2D eigenvalue weighted by molar-refractivity contribution is -0.234. The number of carbonyl (C=O) groups excluding carboxylic acids is 2. The maximum Gasteiger partial charge on any atom is 0.342 e. The van der Waals surface area contributed by atoms with Gasteiger partial charge >= 0.3 is 11.6 Å². The molecule has 1 aliphatic heterocycles. The first-order valence-electron chi connectivity index (χ1n) is 9.81. The third kappa shape index (κ3) is 2.39. The number of ether oxygens (including phenoxy) is 2. The predicted octanol–water partition coefficient (Wildman–Crippen LogP) is 0.157. The fourth-order valence-electron chi connectivity index (χ4n) is 5.72. The van der Waals surface area contributed by atoms with Gasteiger partial charge in [-0.05, 0) is 0 Å². The second-order valence-corrected chi connectivity index (χ2v) is 8.43. The molecule has 2 saturated carbocycles. The van der Waals surface area contributed by atoms with E-state index in [1.807, 2.05) is 0 Å². The lowest BCUT2D eigenvalue weighted by Gasteiger charge is -2.49. The van der Waals surface area contributed by atoms with Gasteiger partial charge in [-0.3, -0.25) is 4.79 Å². The van der Waals surface area contributed by atoms with Crippen molar-refractivity contribution in [3.63, 3.8) is 0 Å². The van der Waals surface area contributed by atoms with Crippen LogP contribution in [0.4, 0.5) is 0 Å². The highest BCUT2D eigenvalue weighted by atomic mass is 16.6. The zero-order valence-electron chi connectivity index (χ0n) is 16.5. The van der Waals surface area contributed by atoms with Crippen LogP contribution in [0.3, 0.4) is 0 Å². The minimum Gasteiger partial charge on any atom is -0.496 e. The van der Waals surface area contributed by atoms with Gasteiger partial charge < -0.3 is 29.2 Å². The zero-order valence-corrected chi connectivity index (χ0v) is 16.5. The molecule has 1 aromatic heterocycles. The highest BCUT2D eigenvalue weighted by molar-refractivity contribution is 6.04. The van der Waals surface area contributed by atoms with Crippen LogP contribution in [0, 0.1) is 5.92 Å². The summed E-state index contributed by atoms with van der Waals surface area (Å²) >= 11 is 0. The number of hydrogen-bond acceptors (Lipinski definition) is 9. The summed E-state index contributed by atoms with van der Waals surface area (Å²) in [5, 5.41) is 35.1. The van der Waals surface area contributed by atoms with Crippen LogP contribution in [-0.4, -0.2) is 57.1 Å². The van der Waals surface area contributed by atoms with Crippen molar-refractivity contribution in [2.24, 2.45) is 5.92 Å². The molecule has 3 fully saturated rings. The smallest absolute Gasteiger partial charge is 0.342 e. The quantitative estimate of drug-likeness (QED) is 0.458. The Morgan fingerprint density at radius 3 is 2.48 bits per heavy atom. The first-order chi connectivity index (χ1) is 14.6. The Morgan fingerprint density at radius 1 is 1.10 bits per heavy atom. The molecule has 3 N–H and O–H groups in total. The Bertz CT molecular complexity index is 1140. The molecule has 5 rings (SSSR count).